The van der Waals surface area contributed by atoms with Crippen molar-refractivity contribution in [2.75, 3.05) is 5.32 Å². The molecule has 0 unspecified atom stereocenters. The molecule has 3 heterocycles. The number of amides is 1. The van der Waals surface area contributed by atoms with Gasteiger partial charge in [-0.15, -0.1) is 11.3 Å². The number of hydrogen-bond donors (Lipinski definition) is 1. The van der Waals surface area contributed by atoms with E-state index in [1.54, 1.807) is 23.3 Å². The highest BCUT2D eigenvalue weighted by Crippen LogP contribution is 2.29. The molecule has 140 valence electrons. The number of para-hydroxylation sites is 1. The summed E-state index contributed by atoms with van der Waals surface area (Å²) in [5.41, 5.74) is 2.85. The molecule has 0 atom stereocenters. The lowest BCUT2D eigenvalue weighted by molar-refractivity contribution is 0.102. The van der Waals surface area contributed by atoms with Gasteiger partial charge in [-0.05, 0) is 23.6 Å². The Hall–Kier alpha value is -3.84. The summed E-state index contributed by atoms with van der Waals surface area (Å²) in [6.45, 7) is 0. The van der Waals surface area contributed by atoms with Crippen LogP contribution in [-0.2, 0) is 0 Å². The predicted molar refractivity (Wildman–Crippen MR) is 114 cm³/mol. The first kappa shape index (κ1) is 17.3. The van der Waals surface area contributed by atoms with Gasteiger partial charge in [0.1, 0.15) is 11.4 Å². The van der Waals surface area contributed by atoms with Gasteiger partial charge in [0.2, 0.25) is 0 Å². The molecule has 0 aliphatic rings. The van der Waals surface area contributed by atoms with Gasteiger partial charge in [-0.2, -0.15) is 0 Å². The van der Waals surface area contributed by atoms with Crippen LogP contribution in [0.4, 0.5) is 5.13 Å². The van der Waals surface area contributed by atoms with Crippen LogP contribution in [0.25, 0.3) is 27.8 Å². The van der Waals surface area contributed by atoms with Crippen molar-refractivity contribution in [2.24, 2.45) is 0 Å². The van der Waals surface area contributed by atoms with E-state index in [0.29, 0.717) is 10.8 Å². The number of anilines is 1. The third-order valence-electron chi connectivity index (χ3n) is 4.55. The predicted octanol–water partition coefficient (Wildman–Crippen LogP) is 4.80. The number of fused-ring (bicyclic) bond motifs is 1. The van der Waals surface area contributed by atoms with Gasteiger partial charge >= 0.3 is 0 Å². The second-order valence-electron chi connectivity index (χ2n) is 6.36. The van der Waals surface area contributed by atoms with Gasteiger partial charge < -0.3 is 0 Å². The maximum atomic E-state index is 12.8. The Morgan fingerprint density at radius 2 is 1.83 bits per heavy atom. The van der Waals surface area contributed by atoms with Crippen molar-refractivity contribution >= 4 is 33.1 Å². The third kappa shape index (κ3) is 3.28. The number of nitrogens with one attached hydrogen (secondary N) is 1. The summed E-state index contributed by atoms with van der Waals surface area (Å²) < 4.78 is 1.75. The Bertz CT molecular complexity index is 1300. The Morgan fingerprint density at radius 1 is 1.00 bits per heavy atom. The van der Waals surface area contributed by atoms with Crippen LogP contribution in [0.5, 0.6) is 0 Å². The van der Waals surface area contributed by atoms with Gasteiger partial charge in [0.25, 0.3) is 5.91 Å². The van der Waals surface area contributed by atoms with E-state index in [1.165, 1.54) is 11.3 Å². The lowest BCUT2D eigenvalue weighted by atomic mass is 10.1. The number of nitrogens with zero attached hydrogens (tertiary/aromatic N) is 4. The summed E-state index contributed by atoms with van der Waals surface area (Å²) in [6, 6.07) is 19.6. The molecular weight excluding hydrogens is 382 g/mol. The Kier molecular flexibility index (Phi) is 4.34. The van der Waals surface area contributed by atoms with Crippen molar-refractivity contribution in [2.45, 2.75) is 0 Å². The van der Waals surface area contributed by atoms with Gasteiger partial charge in [-0.1, -0.05) is 42.5 Å². The molecule has 3 aromatic heterocycles. The van der Waals surface area contributed by atoms with Gasteiger partial charge in [0.15, 0.2) is 5.13 Å². The highest BCUT2D eigenvalue weighted by Gasteiger charge is 2.16. The average molecular weight is 397 g/mol. The minimum absolute atomic E-state index is 0.266. The molecule has 1 N–H and O–H groups in total. The highest BCUT2D eigenvalue weighted by atomic mass is 32.1. The van der Waals surface area contributed by atoms with E-state index in [2.05, 4.69) is 20.3 Å². The molecule has 0 fully saturated rings. The minimum atomic E-state index is -0.266. The van der Waals surface area contributed by atoms with Gasteiger partial charge in [-0.3, -0.25) is 19.7 Å². The molecule has 29 heavy (non-hydrogen) atoms. The van der Waals surface area contributed by atoms with Crippen molar-refractivity contribution < 1.29 is 4.79 Å². The second-order valence-corrected chi connectivity index (χ2v) is 7.22. The Labute approximate surface area is 170 Å². The molecule has 0 saturated carbocycles. The number of benzene rings is 2. The number of rotatable bonds is 4. The smallest absolute Gasteiger partial charge is 0.276 e. The van der Waals surface area contributed by atoms with Crippen LogP contribution in [0.2, 0.25) is 0 Å². The van der Waals surface area contributed by atoms with Crippen LogP contribution in [-0.4, -0.2) is 25.4 Å². The van der Waals surface area contributed by atoms with Gasteiger partial charge in [0.05, 0.1) is 18.2 Å². The normalized spacial score (nSPS) is 10.9. The van der Waals surface area contributed by atoms with Crippen LogP contribution in [0.1, 0.15) is 10.5 Å². The summed E-state index contributed by atoms with van der Waals surface area (Å²) in [6.07, 6.45) is 4.94. The summed E-state index contributed by atoms with van der Waals surface area (Å²) in [5, 5.41) is 7.42. The zero-order valence-corrected chi connectivity index (χ0v) is 16.0. The van der Waals surface area contributed by atoms with E-state index in [9.17, 15) is 4.79 Å². The molecule has 7 heteroatoms. The molecule has 5 aromatic rings. The zero-order chi connectivity index (χ0) is 19.6. The average Bonchev–Trinajstić information content (AvgIpc) is 3.44. The Morgan fingerprint density at radius 3 is 2.72 bits per heavy atom. The molecule has 2 aromatic carbocycles. The number of carbonyl (C=O) groups is 1. The molecule has 0 spiro atoms. The monoisotopic (exact) mass is 397 g/mol. The maximum absolute atomic E-state index is 12.8. The largest absolute Gasteiger partial charge is 0.296 e. The maximum Gasteiger partial charge on any atom is 0.276 e. The zero-order valence-electron chi connectivity index (χ0n) is 15.2. The molecular formula is C22H15N5OS. The number of aromatic nitrogens is 4. The van der Waals surface area contributed by atoms with E-state index in [0.717, 1.165) is 27.8 Å². The van der Waals surface area contributed by atoms with E-state index >= 15 is 0 Å². The van der Waals surface area contributed by atoms with Crippen molar-refractivity contribution in [3.63, 3.8) is 0 Å². The topological polar surface area (TPSA) is 72.7 Å². The van der Waals surface area contributed by atoms with E-state index in [4.69, 9.17) is 0 Å². The van der Waals surface area contributed by atoms with Crippen molar-refractivity contribution in [3.05, 3.63) is 90.5 Å². The van der Waals surface area contributed by atoms with Crippen molar-refractivity contribution in [1.82, 2.24) is 19.5 Å². The van der Waals surface area contributed by atoms with E-state index < -0.39 is 0 Å². The highest BCUT2D eigenvalue weighted by molar-refractivity contribution is 7.14. The lowest BCUT2D eigenvalue weighted by Gasteiger charge is -2.07. The van der Waals surface area contributed by atoms with Crippen molar-refractivity contribution in [1.29, 1.82) is 0 Å². The first-order valence-corrected chi connectivity index (χ1v) is 9.86. The number of pyridine rings is 1. The molecule has 0 aliphatic heterocycles. The van der Waals surface area contributed by atoms with Crippen LogP contribution >= 0.6 is 11.3 Å². The molecule has 0 aliphatic carbocycles. The van der Waals surface area contributed by atoms with Crippen LogP contribution in [0, 0.1) is 0 Å². The molecule has 1 amide bonds. The first-order chi connectivity index (χ1) is 14.3. The number of carbonyl (C=O) groups excluding carboxylic acids is 1. The Balaban J connectivity index is 1.43. The third-order valence-corrected chi connectivity index (χ3v) is 5.30. The van der Waals surface area contributed by atoms with Gasteiger partial charge in [-0.25, -0.2) is 9.97 Å². The van der Waals surface area contributed by atoms with Gasteiger partial charge in [0, 0.05) is 22.7 Å². The second kappa shape index (κ2) is 7.29. The van der Waals surface area contributed by atoms with Crippen LogP contribution in [0.15, 0.2) is 84.8 Å². The summed E-state index contributed by atoms with van der Waals surface area (Å²) in [4.78, 5) is 26.0. The fraction of sp³-hybridized carbons (Fsp3) is 0. The van der Waals surface area contributed by atoms with E-state index in [-0.39, 0.29) is 5.91 Å². The molecule has 0 saturated heterocycles. The first-order valence-electron chi connectivity index (χ1n) is 8.98. The van der Waals surface area contributed by atoms with Crippen LogP contribution in [0.3, 0.4) is 0 Å². The number of hydrogen-bond acceptors (Lipinski definition) is 5. The lowest BCUT2D eigenvalue weighted by Crippen LogP contribution is -2.15. The molecule has 5 rings (SSSR count). The van der Waals surface area contributed by atoms with Crippen molar-refractivity contribution in [3.8, 4) is 17.1 Å². The minimum Gasteiger partial charge on any atom is -0.296 e. The SMILES string of the molecule is O=C(Nc1nc(-c2nccc3ccccc23)cs1)c1cncn1-c1ccccc1. The summed E-state index contributed by atoms with van der Waals surface area (Å²) >= 11 is 1.37. The summed E-state index contributed by atoms with van der Waals surface area (Å²) in [7, 11) is 0. The number of thiazole rings is 1. The summed E-state index contributed by atoms with van der Waals surface area (Å²) in [5.74, 6) is -0.266. The fourth-order valence-corrected chi connectivity index (χ4v) is 3.87. The van der Waals surface area contributed by atoms with E-state index in [1.807, 2.05) is 66.0 Å². The molecule has 6 nitrogen and oxygen atoms in total. The standard InChI is InChI=1S/C22H15N5OS/c28-21(19-12-23-14-27(19)16-7-2-1-3-8-16)26-22-25-18(13-29-22)20-17-9-5-4-6-15(17)10-11-24-20/h1-14H,(H,25,26,28). The molecule has 0 bridgehead atoms. The number of imidazole rings is 1. The quantitative estimate of drug-likeness (QED) is 0.473. The molecule has 0 radical (unpaired) electrons. The fourth-order valence-electron chi connectivity index (χ4n) is 3.18. The van der Waals surface area contributed by atoms with Crippen LogP contribution < -0.4 is 5.32 Å².